The van der Waals surface area contributed by atoms with E-state index in [4.69, 9.17) is 0 Å². The van der Waals surface area contributed by atoms with Crippen molar-refractivity contribution >= 4 is 28.3 Å². The van der Waals surface area contributed by atoms with Crippen LogP contribution in [-0.4, -0.2) is 35.4 Å². The second-order valence-electron chi connectivity index (χ2n) is 5.73. The Labute approximate surface area is 144 Å². The molecule has 1 aliphatic rings. The number of aromatic nitrogens is 1. The summed E-state index contributed by atoms with van der Waals surface area (Å²) in [7, 11) is 1.57. The summed E-state index contributed by atoms with van der Waals surface area (Å²) in [4.78, 5) is 30.9. The van der Waals surface area contributed by atoms with Crippen molar-refractivity contribution in [2.24, 2.45) is 0 Å². The maximum Gasteiger partial charge on any atom is 0.323 e. The molecule has 1 atom stereocenters. The number of likely N-dealkylation sites (tertiary alicyclic amines) is 1. The minimum atomic E-state index is -0.204. The van der Waals surface area contributed by atoms with Gasteiger partial charge < -0.3 is 10.2 Å². The second-order valence-corrected chi connectivity index (χ2v) is 6.64. The molecule has 2 aromatic rings. The van der Waals surface area contributed by atoms with Gasteiger partial charge in [0.1, 0.15) is 5.00 Å². The molecule has 2 aromatic heterocycles. The van der Waals surface area contributed by atoms with E-state index in [2.05, 4.69) is 15.6 Å². The fourth-order valence-electron chi connectivity index (χ4n) is 2.96. The number of hydrogen-bond acceptors (Lipinski definition) is 4. The van der Waals surface area contributed by atoms with Crippen molar-refractivity contribution in [3.63, 3.8) is 0 Å². The molecule has 7 heteroatoms. The molecule has 0 bridgehead atoms. The predicted molar refractivity (Wildman–Crippen MR) is 94.4 cm³/mol. The third kappa shape index (κ3) is 3.26. The molecule has 1 fully saturated rings. The lowest BCUT2D eigenvalue weighted by Crippen LogP contribution is -2.35. The summed E-state index contributed by atoms with van der Waals surface area (Å²) in [6, 6.07) is 7.38. The van der Waals surface area contributed by atoms with E-state index in [0.29, 0.717) is 17.1 Å². The molecule has 1 saturated heterocycles. The summed E-state index contributed by atoms with van der Waals surface area (Å²) in [6.45, 7) is 2.64. The highest BCUT2D eigenvalue weighted by Gasteiger charge is 2.31. The summed E-state index contributed by atoms with van der Waals surface area (Å²) in [5.41, 5.74) is 2.35. The molecule has 0 aliphatic carbocycles. The van der Waals surface area contributed by atoms with E-state index < -0.39 is 0 Å². The Bertz CT molecular complexity index is 759. The lowest BCUT2D eigenvalue weighted by atomic mass is 10.1. The van der Waals surface area contributed by atoms with E-state index in [0.717, 1.165) is 24.2 Å². The molecule has 0 saturated carbocycles. The quantitative estimate of drug-likeness (QED) is 0.898. The molecule has 3 heterocycles. The van der Waals surface area contributed by atoms with Crippen LogP contribution in [0, 0.1) is 6.92 Å². The smallest absolute Gasteiger partial charge is 0.323 e. The Morgan fingerprint density at radius 3 is 2.92 bits per heavy atom. The SMILES string of the molecule is CNC(=O)c1ccsc1NC(=O)N1CCCC1c1cccc(C)n1. The number of carbonyl (C=O) groups excluding carboxylic acids is 2. The van der Waals surface area contributed by atoms with Crippen LogP contribution >= 0.6 is 11.3 Å². The van der Waals surface area contributed by atoms with Gasteiger partial charge in [0.2, 0.25) is 0 Å². The zero-order valence-electron chi connectivity index (χ0n) is 13.7. The maximum atomic E-state index is 12.7. The fraction of sp³-hybridized carbons (Fsp3) is 0.353. The van der Waals surface area contributed by atoms with Crippen molar-refractivity contribution < 1.29 is 9.59 Å². The number of nitrogens with one attached hydrogen (secondary N) is 2. The normalized spacial score (nSPS) is 16.9. The first-order valence-electron chi connectivity index (χ1n) is 7.91. The lowest BCUT2D eigenvalue weighted by molar-refractivity contribution is 0.0964. The number of urea groups is 1. The number of aryl methyl sites for hydroxylation is 1. The summed E-state index contributed by atoms with van der Waals surface area (Å²) in [5.74, 6) is -0.204. The molecule has 0 spiro atoms. The van der Waals surface area contributed by atoms with Crippen LogP contribution in [0.25, 0.3) is 0 Å². The molecular weight excluding hydrogens is 324 g/mol. The van der Waals surface area contributed by atoms with Crippen LogP contribution in [0.5, 0.6) is 0 Å². The molecule has 6 nitrogen and oxygen atoms in total. The van der Waals surface area contributed by atoms with Crippen molar-refractivity contribution in [3.8, 4) is 0 Å². The number of pyridine rings is 1. The number of anilines is 1. The van der Waals surface area contributed by atoms with Gasteiger partial charge in [-0.05, 0) is 43.3 Å². The third-order valence-electron chi connectivity index (χ3n) is 4.12. The van der Waals surface area contributed by atoms with Crippen LogP contribution in [0.1, 0.15) is 40.6 Å². The molecule has 2 N–H and O–H groups in total. The standard InChI is InChI=1S/C17H20N4O2S/c1-11-5-3-6-13(19-11)14-7-4-9-21(14)17(23)20-16-12(8-10-24-16)15(22)18-2/h3,5-6,8,10,14H,4,7,9H2,1-2H3,(H,18,22)(H,20,23). The van der Waals surface area contributed by atoms with Crippen molar-refractivity contribution in [1.29, 1.82) is 0 Å². The average Bonchev–Trinajstić information content (AvgIpc) is 3.23. The van der Waals surface area contributed by atoms with Gasteiger partial charge in [0.25, 0.3) is 5.91 Å². The highest BCUT2D eigenvalue weighted by atomic mass is 32.1. The first kappa shape index (κ1) is 16.4. The highest BCUT2D eigenvalue weighted by molar-refractivity contribution is 7.14. The Morgan fingerprint density at radius 1 is 1.33 bits per heavy atom. The summed E-state index contributed by atoms with van der Waals surface area (Å²) in [5, 5.41) is 7.83. The van der Waals surface area contributed by atoms with Crippen LogP contribution < -0.4 is 10.6 Å². The molecular formula is C17H20N4O2S. The fourth-order valence-corrected chi connectivity index (χ4v) is 3.73. The monoisotopic (exact) mass is 344 g/mol. The number of carbonyl (C=O) groups is 2. The Balaban J connectivity index is 1.77. The minimum Gasteiger partial charge on any atom is -0.355 e. The van der Waals surface area contributed by atoms with Crippen LogP contribution in [0.3, 0.4) is 0 Å². The van der Waals surface area contributed by atoms with Crippen LogP contribution in [0.15, 0.2) is 29.6 Å². The van der Waals surface area contributed by atoms with Gasteiger partial charge in [0, 0.05) is 19.3 Å². The van der Waals surface area contributed by atoms with E-state index >= 15 is 0 Å². The zero-order chi connectivity index (χ0) is 17.1. The molecule has 1 unspecified atom stereocenters. The number of hydrogen-bond donors (Lipinski definition) is 2. The largest absolute Gasteiger partial charge is 0.355 e. The second kappa shape index (κ2) is 7.00. The maximum absolute atomic E-state index is 12.7. The summed E-state index contributed by atoms with van der Waals surface area (Å²) in [6.07, 6.45) is 1.84. The first-order chi connectivity index (χ1) is 11.6. The number of nitrogens with zero attached hydrogens (tertiary/aromatic N) is 2. The zero-order valence-corrected chi connectivity index (χ0v) is 14.5. The van der Waals surface area contributed by atoms with Gasteiger partial charge in [-0.1, -0.05) is 6.07 Å². The van der Waals surface area contributed by atoms with Gasteiger partial charge >= 0.3 is 6.03 Å². The molecule has 0 radical (unpaired) electrons. The van der Waals surface area contributed by atoms with Crippen molar-refractivity contribution in [1.82, 2.24) is 15.2 Å². The van der Waals surface area contributed by atoms with Gasteiger partial charge in [-0.3, -0.25) is 15.1 Å². The lowest BCUT2D eigenvalue weighted by Gasteiger charge is -2.24. The molecule has 3 rings (SSSR count). The highest BCUT2D eigenvalue weighted by Crippen LogP contribution is 2.32. The van der Waals surface area contributed by atoms with Crippen LogP contribution in [0.4, 0.5) is 9.80 Å². The van der Waals surface area contributed by atoms with Gasteiger partial charge in [-0.2, -0.15) is 0 Å². The number of rotatable bonds is 3. The van der Waals surface area contributed by atoms with Gasteiger partial charge in [0.15, 0.2) is 0 Å². The summed E-state index contributed by atoms with van der Waals surface area (Å²) < 4.78 is 0. The minimum absolute atomic E-state index is 0.0201. The van der Waals surface area contributed by atoms with E-state index in [1.807, 2.05) is 25.1 Å². The van der Waals surface area contributed by atoms with Gasteiger partial charge in [0.05, 0.1) is 17.3 Å². The molecule has 1 aliphatic heterocycles. The van der Waals surface area contributed by atoms with E-state index in [1.165, 1.54) is 11.3 Å². The molecule has 24 heavy (non-hydrogen) atoms. The Kier molecular flexibility index (Phi) is 4.80. The predicted octanol–water partition coefficient (Wildman–Crippen LogP) is 3.18. The van der Waals surface area contributed by atoms with Crippen LogP contribution in [0.2, 0.25) is 0 Å². The van der Waals surface area contributed by atoms with Gasteiger partial charge in [-0.15, -0.1) is 11.3 Å². The van der Waals surface area contributed by atoms with Crippen molar-refractivity contribution in [2.75, 3.05) is 18.9 Å². The van der Waals surface area contributed by atoms with Gasteiger partial charge in [-0.25, -0.2) is 4.79 Å². The Hall–Kier alpha value is -2.41. The average molecular weight is 344 g/mol. The first-order valence-corrected chi connectivity index (χ1v) is 8.79. The van der Waals surface area contributed by atoms with Crippen molar-refractivity contribution in [2.45, 2.75) is 25.8 Å². The number of thiophene rings is 1. The van der Waals surface area contributed by atoms with E-state index in [1.54, 1.807) is 23.4 Å². The van der Waals surface area contributed by atoms with Crippen LogP contribution in [-0.2, 0) is 0 Å². The topological polar surface area (TPSA) is 74.3 Å². The molecule has 3 amide bonds. The molecule has 0 aromatic carbocycles. The third-order valence-corrected chi connectivity index (χ3v) is 4.95. The molecule has 126 valence electrons. The van der Waals surface area contributed by atoms with E-state index in [-0.39, 0.29) is 18.0 Å². The van der Waals surface area contributed by atoms with Crippen molar-refractivity contribution in [3.05, 3.63) is 46.6 Å². The van der Waals surface area contributed by atoms with E-state index in [9.17, 15) is 9.59 Å². The Morgan fingerprint density at radius 2 is 2.17 bits per heavy atom. The number of amides is 3. The summed E-state index contributed by atoms with van der Waals surface area (Å²) >= 11 is 1.34.